The van der Waals surface area contributed by atoms with E-state index in [0.29, 0.717) is 0 Å². The first-order chi connectivity index (χ1) is 5.72. The second-order valence-electron chi connectivity index (χ2n) is 3.61. The Bertz CT molecular complexity index is 148. The Morgan fingerprint density at radius 1 is 1.50 bits per heavy atom. The lowest BCUT2D eigenvalue weighted by molar-refractivity contribution is 0.0867. The van der Waals surface area contributed by atoms with Crippen LogP contribution in [0.5, 0.6) is 0 Å². The SMILES string of the molecule is C=C(CC)CN1CCC(O)CC1. The van der Waals surface area contributed by atoms with Crippen molar-refractivity contribution in [1.82, 2.24) is 4.90 Å². The molecule has 12 heavy (non-hydrogen) atoms. The molecule has 0 saturated carbocycles. The molecular weight excluding hydrogens is 150 g/mol. The Labute approximate surface area is 74.9 Å². The molecule has 0 radical (unpaired) electrons. The van der Waals surface area contributed by atoms with E-state index in [4.69, 9.17) is 0 Å². The number of piperidine rings is 1. The molecule has 1 fully saturated rings. The topological polar surface area (TPSA) is 23.5 Å². The summed E-state index contributed by atoms with van der Waals surface area (Å²) in [5.74, 6) is 0. The molecule has 1 heterocycles. The van der Waals surface area contributed by atoms with E-state index in [1.165, 1.54) is 5.57 Å². The minimum atomic E-state index is -0.0591. The zero-order valence-corrected chi connectivity index (χ0v) is 7.92. The summed E-state index contributed by atoms with van der Waals surface area (Å²) in [4.78, 5) is 2.37. The predicted octanol–water partition coefficient (Wildman–Crippen LogP) is 1.41. The molecule has 2 nitrogen and oxygen atoms in total. The first kappa shape index (κ1) is 9.75. The van der Waals surface area contributed by atoms with Crippen molar-refractivity contribution in [2.24, 2.45) is 0 Å². The summed E-state index contributed by atoms with van der Waals surface area (Å²) in [6, 6.07) is 0. The monoisotopic (exact) mass is 169 g/mol. The molecule has 1 aliphatic rings. The van der Waals surface area contributed by atoms with Gasteiger partial charge < -0.3 is 5.11 Å². The first-order valence-electron chi connectivity index (χ1n) is 4.79. The van der Waals surface area contributed by atoms with Gasteiger partial charge in [0.1, 0.15) is 0 Å². The lowest BCUT2D eigenvalue weighted by atomic mass is 10.1. The molecule has 0 aromatic carbocycles. The lowest BCUT2D eigenvalue weighted by Crippen LogP contribution is -2.36. The van der Waals surface area contributed by atoms with Crippen LogP contribution in [0, 0.1) is 0 Å². The number of likely N-dealkylation sites (tertiary alicyclic amines) is 1. The Balaban J connectivity index is 2.21. The van der Waals surface area contributed by atoms with Gasteiger partial charge in [-0.25, -0.2) is 0 Å². The minimum Gasteiger partial charge on any atom is -0.393 e. The van der Waals surface area contributed by atoms with E-state index in [1.807, 2.05) is 0 Å². The van der Waals surface area contributed by atoms with Crippen LogP contribution in [-0.4, -0.2) is 35.7 Å². The highest BCUT2D eigenvalue weighted by Gasteiger charge is 2.16. The van der Waals surface area contributed by atoms with Crippen molar-refractivity contribution in [3.05, 3.63) is 12.2 Å². The molecule has 70 valence electrons. The summed E-state index contributed by atoms with van der Waals surface area (Å²) in [6.45, 7) is 9.20. The van der Waals surface area contributed by atoms with Crippen LogP contribution in [0.25, 0.3) is 0 Å². The van der Waals surface area contributed by atoms with Gasteiger partial charge in [-0.2, -0.15) is 0 Å². The molecule has 1 N–H and O–H groups in total. The smallest absolute Gasteiger partial charge is 0.0564 e. The predicted molar refractivity (Wildman–Crippen MR) is 51.1 cm³/mol. The maximum atomic E-state index is 9.27. The normalized spacial score (nSPS) is 21.2. The fraction of sp³-hybridized carbons (Fsp3) is 0.800. The molecule has 0 atom stereocenters. The summed E-state index contributed by atoms with van der Waals surface area (Å²) < 4.78 is 0. The third kappa shape index (κ3) is 2.95. The van der Waals surface area contributed by atoms with Gasteiger partial charge in [-0.3, -0.25) is 4.90 Å². The molecule has 1 aliphatic heterocycles. The van der Waals surface area contributed by atoms with Crippen molar-refractivity contribution in [1.29, 1.82) is 0 Å². The maximum absolute atomic E-state index is 9.27. The summed E-state index contributed by atoms with van der Waals surface area (Å²) in [5, 5.41) is 9.27. The maximum Gasteiger partial charge on any atom is 0.0564 e. The summed E-state index contributed by atoms with van der Waals surface area (Å²) in [6.07, 6.45) is 2.86. The van der Waals surface area contributed by atoms with Gasteiger partial charge in [-0.05, 0) is 19.3 Å². The highest BCUT2D eigenvalue weighted by molar-refractivity contribution is 4.96. The molecule has 1 saturated heterocycles. The van der Waals surface area contributed by atoms with Gasteiger partial charge in [0.2, 0.25) is 0 Å². The number of nitrogens with zero attached hydrogens (tertiary/aromatic N) is 1. The summed E-state index contributed by atoms with van der Waals surface area (Å²) in [7, 11) is 0. The third-order valence-corrected chi connectivity index (χ3v) is 2.50. The number of rotatable bonds is 3. The van der Waals surface area contributed by atoms with Crippen LogP contribution in [0.3, 0.4) is 0 Å². The Kier molecular flexibility index (Phi) is 3.76. The van der Waals surface area contributed by atoms with Crippen molar-refractivity contribution in [2.75, 3.05) is 19.6 Å². The molecule has 0 aliphatic carbocycles. The van der Waals surface area contributed by atoms with Crippen molar-refractivity contribution in [3.63, 3.8) is 0 Å². The largest absolute Gasteiger partial charge is 0.393 e. The second-order valence-corrected chi connectivity index (χ2v) is 3.61. The third-order valence-electron chi connectivity index (χ3n) is 2.50. The van der Waals surface area contributed by atoms with E-state index in [0.717, 1.165) is 38.9 Å². The van der Waals surface area contributed by atoms with Crippen LogP contribution in [0.4, 0.5) is 0 Å². The van der Waals surface area contributed by atoms with Crippen LogP contribution in [0.15, 0.2) is 12.2 Å². The van der Waals surface area contributed by atoms with E-state index in [-0.39, 0.29) is 6.10 Å². The zero-order chi connectivity index (χ0) is 8.97. The highest BCUT2D eigenvalue weighted by atomic mass is 16.3. The van der Waals surface area contributed by atoms with Crippen LogP contribution in [0.1, 0.15) is 26.2 Å². The molecule has 0 amide bonds. The van der Waals surface area contributed by atoms with Crippen LogP contribution in [0.2, 0.25) is 0 Å². The quantitative estimate of drug-likeness (QED) is 0.646. The average Bonchev–Trinajstić information content (AvgIpc) is 2.09. The molecule has 1 rings (SSSR count). The van der Waals surface area contributed by atoms with Crippen molar-refractivity contribution in [3.8, 4) is 0 Å². The number of hydrogen-bond donors (Lipinski definition) is 1. The van der Waals surface area contributed by atoms with Gasteiger partial charge in [0.15, 0.2) is 0 Å². The summed E-state index contributed by atoms with van der Waals surface area (Å²) >= 11 is 0. The van der Waals surface area contributed by atoms with E-state index < -0.39 is 0 Å². The zero-order valence-electron chi connectivity index (χ0n) is 7.92. The van der Waals surface area contributed by atoms with Crippen molar-refractivity contribution in [2.45, 2.75) is 32.3 Å². The van der Waals surface area contributed by atoms with E-state index in [9.17, 15) is 5.11 Å². The number of aliphatic hydroxyl groups excluding tert-OH is 1. The van der Waals surface area contributed by atoms with Gasteiger partial charge in [-0.1, -0.05) is 19.1 Å². The van der Waals surface area contributed by atoms with E-state index in [2.05, 4.69) is 18.4 Å². The number of aliphatic hydroxyl groups is 1. The van der Waals surface area contributed by atoms with Crippen LogP contribution in [-0.2, 0) is 0 Å². The highest BCUT2D eigenvalue weighted by Crippen LogP contribution is 2.11. The van der Waals surface area contributed by atoms with Gasteiger partial charge in [0, 0.05) is 19.6 Å². The van der Waals surface area contributed by atoms with Gasteiger partial charge in [0.05, 0.1) is 6.10 Å². The molecule has 2 heteroatoms. The molecule has 0 bridgehead atoms. The van der Waals surface area contributed by atoms with Crippen molar-refractivity contribution >= 4 is 0 Å². The molecular formula is C10H19NO. The Hall–Kier alpha value is -0.340. The Morgan fingerprint density at radius 2 is 2.08 bits per heavy atom. The Morgan fingerprint density at radius 3 is 2.58 bits per heavy atom. The van der Waals surface area contributed by atoms with Crippen LogP contribution >= 0.6 is 0 Å². The van der Waals surface area contributed by atoms with Crippen molar-refractivity contribution < 1.29 is 5.11 Å². The average molecular weight is 169 g/mol. The van der Waals surface area contributed by atoms with E-state index in [1.54, 1.807) is 0 Å². The number of hydrogen-bond acceptors (Lipinski definition) is 2. The van der Waals surface area contributed by atoms with Gasteiger partial charge in [-0.15, -0.1) is 0 Å². The van der Waals surface area contributed by atoms with Gasteiger partial charge in [0.25, 0.3) is 0 Å². The van der Waals surface area contributed by atoms with E-state index >= 15 is 0 Å². The molecule has 0 spiro atoms. The standard InChI is InChI=1S/C10H19NO/c1-3-9(2)8-11-6-4-10(12)5-7-11/h10,12H,2-8H2,1H3. The lowest BCUT2D eigenvalue weighted by Gasteiger charge is -2.29. The minimum absolute atomic E-state index is 0.0591. The van der Waals surface area contributed by atoms with Gasteiger partial charge >= 0.3 is 0 Å². The molecule has 0 aromatic rings. The first-order valence-corrected chi connectivity index (χ1v) is 4.79. The van der Waals surface area contributed by atoms with Crippen LogP contribution < -0.4 is 0 Å². The summed E-state index contributed by atoms with van der Waals surface area (Å²) in [5.41, 5.74) is 1.30. The second kappa shape index (κ2) is 4.63. The fourth-order valence-electron chi connectivity index (χ4n) is 1.51. The molecule has 0 aromatic heterocycles. The molecule has 0 unspecified atom stereocenters. The fourth-order valence-corrected chi connectivity index (χ4v) is 1.51.